The van der Waals surface area contributed by atoms with Crippen LogP contribution in [0.1, 0.15) is 96.8 Å². The van der Waals surface area contributed by atoms with Crippen LogP contribution in [0.5, 0.6) is 0 Å². The van der Waals surface area contributed by atoms with Gasteiger partial charge in [0, 0.05) is 12.7 Å². The predicted molar refractivity (Wildman–Crippen MR) is 99.4 cm³/mol. The molecule has 1 rings (SSSR count). The van der Waals surface area contributed by atoms with E-state index >= 15 is 0 Å². The summed E-state index contributed by atoms with van der Waals surface area (Å²) < 4.78 is 5.17. The topological polar surface area (TPSA) is 12.5 Å². The molecule has 0 aromatic heterocycles. The van der Waals surface area contributed by atoms with Gasteiger partial charge in [-0.1, -0.05) is 90.4 Å². The fraction of sp³-hybridized carbons (Fsp3) is 0.895. The van der Waals surface area contributed by atoms with E-state index in [-0.39, 0.29) is 12.4 Å². The fourth-order valence-corrected chi connectivity index (χ4v) is 2.96. The van der Waals surface area contributed by atoms with Crippen LogP contribution in [0.2, 0.25) is 0 Å². The highest BCUT2D eigenvalue weighted by atomic mass is 35.5. The number of nitrogens with zero attached hydrogens (tertiary/aromatic N) is 1. The van der Waals surface area contributed by atoms with Crippen LogP contribution in [0.25, 0.3) is 0 Å². The number of hydrogen-bond acceptors (Lipinski definition) is 2. The van der Waals surface area contributed by atoms with Crippen LogP contribution in [-0.4, -0.2) is 18.2 Å². The molecule has 0 aromatic carbocycles. The molecule has 0 amide bonds. The first-order valence-electron chi connectivity index (χ1n) is 9.46. The van der Waals surface area contributed by atoms with Crippen molar-refractivity contribution < 1.29 is 4.74 Å². The highest BCUT2D eigenvalue weighted by Gasteiger charge is 2.03. The highest BCUT2D eigenvalue weighted by molar-refractivity contribution is 5.85. The van der Waals surface area contributed by atoms with Crippen molar-refractivity contribution in [1.29, 1.82) is 0 Å². The second-order valence-electron chi connectivity index (χ2n) is 6.49. The van der Waals surface area contributed by atoms with Crippen molar-refractivity contribution in [2.24, 2.45) is 0 Å². The number of unbranched alkanes of at least 4 members (excludes halogenated alkanes) is 13. The van der Waals surface area contributed by atoms with Crippen molar-refractivity contribution >= 4 is 12.4 Å². The van der Waals surface area contributed by atoms with Crippen molar-refractivity contribution in [3.05, 3.63) is 12.5 Å². The molecular weight excluding hydrogens is 294 g/mol. The first kappa shape index (κ1) is 21.6. The highest BCUT2D eigenvalue weighted by Crippen LogP contribution is 2.13. The van der Waals surface area contributed by atoms with Gasteiger partial charge in [-0.15, -0.1) is 12.4 Å². The standard InChI is InChI=1S/C19H37NO.ClH/c1-2-3-4-5-6-7-8-9-10-11-12-13-14-15-16-20-17-18-21-19-20;/h17-18H,2-16,19H2,1H3;1H. The molecule has 0 atom stereocenters. The Morgan fingerprint density at radius 2 is 1.18 bits per heavy atom. The summed E-state index contributed by atoms with van der Waals surface area (Å²) in [5.41, 5.74) is 0. The van der Waals surface area contributed by atoms with Crippen LogP contribution in [0.15, 0.2) is 12.5 Å². The van der Waals surface area contributed by atoms with E-state index < -0.39 is 0 Å². The fourth-order valence-electron chi connectivity index (χ4n) is 2.96. The molecule has 3 heteroatoms. The monoisotopic (exact) mass is 331 g/mol. The Labute approximate surface area is 145 Å². The summed E-state index contributed by atoms with van der Waals surface area (Å²) in [6, 6.07) is 0. The van der Waals surface area contributed by atoms with Gasteiger partial charge in [0.15, 0.2) is 6.73 Å². The summed E-state index contributed by atoms with van der Waals surface area (Å²) in [5.74, 6) is 0. The Morgan fingerprint density at radius 1 is 0.727 bits per heavy atom. The predicted octanol–water partition coefficient (Wildman–Crippen LogP) is 6.65. The number of hydrogen-bond donors (Lipinski definition) is 0. The van der Waals surface area contributed by atoms with Crippen LogP contribution in [0, 0.1) is 0 Å². The second kappa shape index (κ2) is 17.0. The van der Waals surface area contributed by atoms with E-state index in [9.17, 15) is 0 Å². The molecule has 0 aromatic rings. The third-order valence-electron chi connectivity index (χ3n) is 4.41. The van der Waals surface area contributed by atoms with Crippen LogP contribution in [0.3, 0.4) is 0 Å². The molecule has 0 N–H and O–H groups in total. The molecular formula is C19H38ClNO. The zero-order chi connectivity index (χ0) is 15.0. The minimum atomic E-state index is 0. The molecule has 1 aliphatic rings. The first-order chi connectivity index (χ1) is 10.4. The van der Waals surface area contributed by atoms with E-state index in [1.807, 2.05) is 0 Å². The molecule has 1 aliphatic heterocycles. The van der Waals surface area contributed by atoms with Crippen LogP contribution < -0.4 is 0 Å². The van der Waals surface area contributed by atoms with Gasteiger partial charge in [-0.05, 0) is 6.42 Å². The van der Waals surface area contributed by atoms with Crippen molar-refractivity contribution in [3.63, 3.8) is 0 Å². The Bertz CT molecular complexity index is 246. The zero-order valence-corrected chi connectivity index (χ0v) is 15.5. The largest absolute Gasteiger partial charge is 0.479 e. The van der Waals surface area contributed by atoms with E-state index in [1.165, 1.54) is 89.9 Å². The average molecular weight is 332 g/mol. The minimum Gasteiger partial charge on any atom is -0.479 e. The van der Waals surface area contributed by atoms with E-state index in [0.29, 0.717) is 0 Å². The third kappa shape index (κ3) is 13.3. The van der Waals surface area contributed by atoms with E-state index in [1.54, 1.807) is 6.26 Å². The maximum atomic E-state index is 5.17. The molecule has 0 bridgehead atoms. The minimum absolute atomic E-state index is 0. The summed E-state index contributed by atoms with van der Waals surface area (Å²) in [5, 5.41) is 0. The van der Waals surface area contributed by atoms with Crippen molar-refractivity contribution in [2.75, 3.05) is 13.3 Å². The maximum Gasteiger partial charge on any atom is 0.160 e. The second-order valence-corrected chi connectivity index (χ2v) is 6.49. The molecule has 0 fully saturated rings. The van der Waals surface area contributed by atoms with Gasteiger partial charge in [-0.2, -0.15) is 0 Å². The van der Waals surface area contributed by atoms with Gasteiger partial charge in [0.25, 0.3) is 0 Å². The Morgan fingerprint density at radius 3 is 1.59 bits per heavy atom. The molecule has 22 heavy (non-hydrogen) atoms. The van der Waals surface area contributed by atoms with Gasteiger partial charge < -0.3 is 9.64 Å². The molecule has 132 valence electrons. The van der Waals surface area contributed by atoms with Gasteiger partial charge in [-0.3, -0.25) is 0 Å². The Balaban J connectivity index is 0.00000441. The normalized spacial score (nSPS) is 13.2. The van der Waals surface area contributed by atoms with Gasteiger partial charge in [0.2, 0.25) is 0 Å². The molecule has 0 aliphatic carbocycles. The van der Waals surface area contributed by atoms with E-state index in [0.717, 1.165) is 13.3 Å². The zero-order valence-electron chi connectivity index (χ0n) is 14.7. The SMILES string of the molecule is CCCCCCCCCCCCCCCCN1C=COC1.Cl. The summed E-state index contributed by atoms with van der Waals surface area (Å²) in [6.07, 6.45) is 23.9. The summed E-state index contributed by atoms with van der Waals surface area (Å²) in [4.78, 5) is 2.25. The lowest BCUT2D eigenvalue weighted by atomic mass is 10.0. The number of halogens is 1. The van der Waals surface area contributed by atoms with Crippen molar-refractivity contribution in [3.8, 4) is 0 Å². The van der Waals surface area contributed by atoms with Gasteiger partial charge in [0.1, 0.15) is 6.26 Å². The first-order valence-corrected chi connectivity index (χ1v) is 9.46. The third-order valence-corrected chi connectivity index (χ3v) is 4.41. The number of ether oxygens (including phenoxy) is 1. The molecule has 0 saturated heterocycles. The van der Waals surface area contributed by atoms with Crippen molar-refractivity contribution in [1.82, 2.24) is 4.90 Å². The van der Waals surface area contributed by atoms with Gasteiger partial charge in [-0.25, -0.2) is 0 Å². The van der Waals surface area contributed by atoms with Crippen molar-refractivity contribution in [2.45, 2.75) is 96.8 Å². The maximum absolute atomic E-state index is 5.17. The average Bonchev–Trinajstić information content (AvgIpc) is 3.01. The lowest BCUT2D eigenvalue weighted by molar-refractivity contribution is 0.169. The van der Waals surface area contributed by atoms with Gasteiger partial charge >= 0.3 is 0 Å². The Kier molecular flexibility index (Phi) is 16.7. The summed E-state index contributed by atoms with van der Waals surface area (Å²) >= 11 is 0. The molecule has 0 saturated carbocycles. The van der Waals surface area contributed by atoms with Crippen LogP contribution >= 0.6 is 12.4 Å². The quantitative estimate of drug-likeness (QED) is 0.311. The molecule has 0 unspecified atom stereocenters. The summed E-state index contributed by atoms with van der Waals surface area (Å²) in [6.45, 7) is 4.21. The van der Waals surface area contributed by atoms with Crippen LogP contribution in [-0.2, 0) is 4.74 Å². The molecule has 0 spiro atoms. The molecule has 2 nitrogen and oxygen atoms in total. The molecule has 1 heterocycles. The Hall–Kier alpha value is -0.370. The van der Waals surface area contributed by atoms with E-state index in [4.69, 9.17) is 4.74 Å². The van der Waals surface area contributed by atoms with Gasteiger partial charge in [0.05, 0.1) is 0 Å². The lowest BCUT2D eigenvalue weighted by Gasteiger charge is -2.12. The smallest absolute Gasteiger partial charge is 0.160 e. The lowest BCUT2D eigenvalue weighted by Crippen LogP contribution is -2.16. The number of rotatable bonds is 15. The summed E-state index contributed by atoms with van der Waals surface area (Å²) in [7, 11) is 0. The van der Waals surface area contributed by atoms with Crippen LogP contribution in [0.4, 0.5) is 0 Å². The van der Waals surface area contributed by atoms with E-state index in [2.05, 4.69) is 18.0 Å². The molecule has 0 radical (unpaired) electrons.